The highest BCUT2D eigenvalue weighted by atomic mass is 15.6. The Balaban J connectivity index is 1.91. The second kappa shape index (κ2) is 5.00. The summed E-state index contributed by atoms with van der Waals surface area (Å²) in [6.45, 7) is 6.81. The van der Waals surface area contributed by atoms with Crippen molar-refractivity contribution >= 4 is 0 Å². The minimum absolute atomic E-state index is 0.138. The quantitative estimate of drug-likeness (QED) is 0.549. The van der Waals surface area contributed by atoms with Crippen LogP contribution in [0.3, 0.4) is 0 Å². The highest BCUT2D eigenvalue weighted by Crippen LogP contribution is 2.25. The fourth-order valence-corrected chi connectivity index (χ4v) is 3.29. The Bertz CT molecular complexity index is 227. The lowest BCUT2D eigenvalue weighted by Crippen LogP contribution is -2.69. The fraction of sp³-hybridized carbons (Fsp3) is 1.00. The number of hydrogen-bond donors (Lipinski definition) is 2. The number of hydrogen-bond acceptors (Lipinski definition) is 3. The maximum absolute atomic E-state index is 6.37. The Hall–Kier alpha value is -0.160. The Morgan fingerprint density at radius 2 is 2.00 bits per heavy atom. The average Bonchev–Trinajstić information content (AvgIpc) is 2.76. The summed E-state index contributed by atoms with van der Waals surface area (Å²) < 4.78 is 0.598. The van der Waals surface area contributed by atoms with Gasteiger partial charge in [0.2, 0.25) is 0 Å². The molecule has 2 aliphatic rings. The summed E-state index contributed by atoms with van der Waals surface area (Å²) in [7, 11) is 0. The van der Waals surface area contributed by atoms with Crippen molar-refractivity contribution in [2.24, 2.45) is 11.6 Å². The highest BCUT2D eigenvalue weighted by molar-refractivity contribution is 4.80. The summed E-state index contributed by atoms with van der Waals surface area (Å²) in [6.07, 6.45) is 6.30. The molecule has 2 fully saturated rings. The lowest BCUT2D eigenvalue weighted by Gasteiger charge is -2.45. The van der Waals surface area contributed by atoms with Crippen molar-refractivity contribution in [3.63, 3.8) is 0 Å². The normalized spacial score (nSPS) is 41.4. The predicted octanol–water partition coefficient (Wildman–Crippen LogP) is 0.630. The minimum Gasteiger partial charge on any atom is -0.300 e. The van der Waals surface area contributed by atoms with Crippen LogP contribution in [-0.2, 0) is 0 Å². The Morgan fingerprint density at radius 3 is 2.56 bits per heavy atom. The first-order valence-electron chi connectivity index (χ1n) is 6.80. The van der Waals surface area contributed by atoms with Gasteiger partial charge in [0.25, 0.3) is 0 Å². The number of likely N-dealkylation sites (tertiary alicyclic amines) is 2. The molecule has 94 valence electrons. The van der Waals surface area contributed by atoms with Crippen molar-refractivity contribution in [3.8, 4) is 0 Å². The van der Waals surface area contributed by atoms with E-state index in [1.807, 2.05) is 0 Å². The number of quaternary nitrogens is 1. The van der Waals surface area contributed by atoms with Gasteiger partial charge in [0.15, 0.2) is 6.17 Å². The van der Waals surface area contributed by atoms with Gasteiger partial charge in [-0.3, -0.25) is 10.6 Å². The van der Waals surface area contributed by atoms with Crippen LogP contribution in [0.1, 0.15) is 39.0 Å². The van der Waals surface area contributed by atoms with Crippen LogP contribution in [0.4, 0.5) is 0 Å². The Labute approximate surface area is 99.1 Å². The van der Waals surface area contributed by atoms with Crippen molar-refractivity contribution in [2.45, 2.75) is 51.2 Å². The molecule has 4 N–H and O–H groups in total. The monoisotopic (exact) mass is 227 g/mol. The minimum atomic E-state index is 0.138. The standard InChI is InChI=1S/C12H27N4/c1-2-8-16(14)9-5-11(10-12(16)13)15-6-3-4-7-15/h11-12H,2-10,13-14H2,1H3/q+1. The molecule has 0 radical (unpaired) electrons. The van der Waals surface area contributed by atoms with Crippen LogP contribution in [0.15, 0.2) is 0 Å². The van der Waals surface area contributed by atoms with E-state index in [2.05, 4.69) is 11.8 Å². The van der Waals surface area contributed by atoms with Crippen molar-refractivity contribution in [1.29, 1.82) is 0 Å². The van der Waals surface area contributed by atoms with E-state index < -0.39 is 0 Å². The van der Waals surface area contributed by atoms with E-state index in [1.54, 1.807) is 0 Å². The van der Waals surface area contributed by atoms with E-state index in [-0.39, 0.29) is 6.17 Å². The lowest BCUT2D eigenvalue weighted by atomic mass is 9.99. The van der Waals surface area contributed by atoms with Crippen LogP contribution in [0, 0.1) is 0 Å². The SMILES string of the molecule is CCC[N+]1(N)CCC(N2CCCC2)CC1N. The first-order valence-corrected chi connectivity index (χ1v) is 6.80. The van der Waals surface area contributed by atoms with Crippen LogP contribution in [0.5, 0.6) is 0 Å². The highest BCUT2D eigenvalue weighted by Gasteiger charge is 2.40. The largest absolute Gasteiger partial charge is 0.300 e. The number of nitrogens with two attached hydrogens (primary N) is 2. The molecular formula is C12H27N4+. The third-order valence-corrected chi connectivity index (χ3v) is 4.35. The van der Waals surface area contributed by atoms with E-state index in [4.69, 9.17) is 11.6 Å². The molecule has 0 spiro atoms. The van der Waals surface area contributed by atoms with E-state index in [0.717, 1.165) is 25.9 Å². The van der Waals surface area contributed by atoms with Gasteiger partial charge in [0, 0.05) is 18.9 Å². The van der Waals surface area contributed by atoms with Crippen LogP contribution in [0.25, 0.3) is 0 Å². The van der Waals surface area contributed by atoms with Gasteiger partial charge in [0.1, 0.15) is 0 Å². The molecule has 3 unspecified atom stereocenters. The maximum Gasteiger partial charge on any atom is 0.159 e. The smallest absolute Gasteiger partial charge is 0.159 e. The maximum atomic E-state index is 6.37. The molecule has 0 aliphatic carbocycles. The van der Waals surface area contributed by atoms with E-state index in [0.29, 0.717) is 10.6 Å². The second-order valence-electron chi connectivity index (χ2n) is 5.54. The molecule has 2 heterocycles. The topological polar surface area (TPSA) is 55.3 Å². The predicted molar refractivity (Wildman–Crippen MR) is 66.3 cm³/mol. The van der Waals surface area contributed by atoms with Gasteiger partial charge < -0.3 is 0 Å². The summed E-state index contributed by atoms with van der Waals surface area (Å²) in [5, 5.41) is 0. The van der Waals surface area contributed by atoms with Crippen LogP contribution >= 0.6 is 0 Å². The van der Waals surface area contributed by atoms with Crippen LogP contribution in [0.2, 0.25) is 0 Å². The van der Waals surface area contributed by atoms with E-state index in [9.17, 15) is 0 Å². The average molecular weight is 227 g/mol. The third-order valence-electron chi connectivity index (χ3n) is 4.35. The van der Waals surface area contributed by atoms with Gasteiger partial charge in [-0.05, 0) is 32.4 Å². The first kappa shape index (κ1) is 12.3. The zero-order valence-electron chi connectivity index (χ0n) is 10.6. The summed E-state index contributed by atoms with van der Waals surface area (Å²) in [5.41, 5.74) is 6.28. The van der Waals surface area contributed by atoms with Crippen LogP contribution in [-0.4, -0.2) is 47.9 Å². The molecule has 0 aromatic heterocycles. The summed E-state index contributed by atoms with van der Waals surface area (Å²) in [6, 6.07) is 0.698. The molecular weight excluding hydrogens is 200 g/mol. The molecule has 3 atom stereocenters. The molecule has 0 saturated carbocycles. The van der Waals surface area contributed by atoms with Gasteiger partial charge in [-0.25, -0.2) is 4.59 Å². The van der Waals surface area contributed by atoms with Crippen LogP contribution < -0.4 is 11.6 Å². The van der Waals surface area contributed by atoms with Gasteiger partial charge >= 0.3 is 0 Å². The van der Waals surface area contributed by atoms with Gasteiger partial charge in [0.05, 0.1) is 13.1 Å². The molecule has 2 rings (SSSR count). The van der Waals surface area contributed by atoms with E-state index in [1.165, 1.54) is 32.4 Å². The Kier molecular flexibility index (Phi) is 3.85. The van der Waals surface area contributed by atoms with Gasteiger partial charge in [-0.15, -0.1) is 0 Å². The molecule has 0 bridgehead atoms. The number of nitrogens with zero attached hydrogens (tertiary/aromatic N) is 2. The molecule has 0 aromatic carbocycles. The molecule has 16 heavy (non-hydrogen) atoms. The molecule has 4 heteroatoms. The van der Waals surface area contributed by atoms with Crippen molar-refractivity contribution in [2.75, 3.05) is 26.2 Å². The first-order chi connectivity index (χ1) is 7.65. The second-order valence-corrected chi connectivity index (χ2v) is 5.54. The fourth-order valence-electron chi connectivity index (χ4n) is 3.29. The molecule has 0 aromatic rings. The summed E-state index contributed by atoms with van der Waals surface area (Å²) in [4.78, 5) is 2.62. The zero-order valence-corrected chi connectivity index (χ0v) is 10.6. The lowest BCUT2D eigenvalue weighted by molar-refractivity contribution is -0.967. The number of piperidine rings is 1. The van der Waals surface area contributed by atoms with Crippen molar-refractivity contribution in [1.82, 2.24) is 4.90 Å². The van der Waals surface area contributed by atoms with E-state index >= 15 is 0 Å². The molecule has 0 amide bonds. The number of rotatable bonds is 3. The van der Waals surface area contributed by atoms with Gasteiger partial charge in [-0.2, -0.15) is 5.84 Å². The van der Waals surface area contributed by atoms with Gasteiger partial charge in [-0.1, -0.05) is 6.92 Å². The summed E-state index contributed by atoms with van der Waals surface area (Å²) >= 11 is 0. The molecule has 2 saturated heterocycles. The van der Waals surface area contributed by atoms with Crippen molar-refractivity contribution < 1.29 is 4.59 Å². The Morgan fingerprint density at radius 1 is 1.31 bits per heavy atom. The molecule has 2 aliphatic heterocycles. The third kappa shape index (κ3) is 2.40. The molecule has 4 nitrogen and oxygen atoms in total. The van der Waals surface area contributed by atoms with Crippen molar-refractivity contribution in [3.05, 3.63) is 0 Å². The zero-order chi connectivity index (χ0) is 11.6. The summed E-state index contributed by atoms with van der Waals surface area (Å²) in [5.74, 6) is 6.37.